The molecule has 158 valence electrons. The molecule has 0 saturated carbocycles. The summed E-state index contributed by atoms with van der Waals surface area (Å²) in [5.74, 6) is -1.34. The van der Waals surface area contributed by atoms with Crippen molar-refractivity contribution in [1.82, 2.24) is 0 Å². The van der Waals surface area contributed by atoms with Crippen LogP contribution in [0.25, 0.3) is 0 Å². The standard InChI is InChI=1S/C25H23NO5/c1-2-30-22(27)16-15-20-23(21-14-9-17-31-21)26(19-12-7-4-8-13-19)24(28)25(20,29)18-10-5-3-6-11-18/h3-17,20,23,29H,2H2,1H3/b16-15+/t20-,23+,25+/m1/s1. The van der Waals surface area contributed by atoms with E-state index in [4.69, 9.17) is 9.15 Å². The number of amides is 1. The number of ether oxygens (including phenoxy) is 1. The van der Waals surface area contributed by atoms with Crippen LogP contribution in [0.3, 0.4) is 0 Å². The summed E-state index contributed by atoms with van der Waals surface area (Å²) in [5, 5.41) is 11.9. The predicted molar refractivity (Wildman–Crippen MR) is 115 cm³/mol. The Hall–Kier alpha value is -3.64. The number of esters is 1. The molecule has 6 heteroatoms. The molecule has 0 bridgehead atoms. The smallest absolute Gasteiger partial charge is 0.330 e. The zero-order valence-electron chi connectivity index (χ0n) is 17.0. The van der Waals surface area contributed by atoms with Gasteiger partial charge in [0, 0.05) is 17.7 Å². The monoisotopic (exact) mass is 417 g/mol. The van der Waals surface area contributed by atoms with Crippen LogP contribution in [0.4, 0.5) is 5.69 Å². The van der Waals surface area contributed by atoms with Gasteiger partial charge in [0.15, 0.2) is 5.60 Å². The Morgan fingerprint density at radius 1 is 1.10 bits per heavy atom. The third kappa shape index (κ3) is 3.66. The second-order valence-electron chi connectivity index (χ2n) is 7.24. The van der Waals surface area contributed by atoms with E-state index in [1.807, 2.05) is 24.3 Å². The molecule has 3 aromatic rings. The average Bonchev–Trinajstić information content (AvgIpc) is 3.40. The van der Waals surface area contributed by atoms with E-state index in [0.29, 0.717) is 17.0 Å². The molecule has 1 saturated heterocycles. The van der Waals surface area contributed by atoms with Crippen molar-refractivity contribution in [1.29, 1.82) is 0 Å². The van der Waals surface area contributed by atoms with Gasteiger partial charge in [-0.1, -0.05) is 54.6 Å². The normalized spacial score (nSPS) is 23.4. The van der Waals surface area contributed by atoms with E-state index in [1.165, 1.54) is 17.2 Å². The highest BCUT2D eigenvalue weighted by Gasteiger charge is 2.60. The fraction of sp³-hybridized carbons (Fsp3) is 0.200. The topological polar surface area (TPSA) is 80.0 Å². The molecular formula is C25H23NO5. The Bertz CT molecular complexity index is 1060. The number of benzene rings is 2. The van der Waals surface area contributed by atoms with Gasteiger partial charge in [-0.05, 0) is 36.8 Å². The van der Waals surface area contributed by atoms with E-state index in [2.05, 4.69) is 0 Å². The van der Waals surface area contributed by atoms with Crippen molar-refractivity contribution < 1.29 is 23.8 Å². The Kier molecular flexibility index (Phi) is 5.73. The van der Waals surface area contributed by atoms with Crippen LogP contribution in [0.15, 0.2) is 95.6 Å². The number of para-hydroxylation sites is 1. The number of aliphatic hydroxyl groups is 1. The van der Waals surface area contributed by atoms with E-state index in [0.717, 1.165) is 0 Å². The van der Waals surface area contributed by atoms with E-state index >= 15 is 0 Å². The third-order valence-corrected chi connectivity index (χ3v) is 5.45. The summed E-state index contributed by atoms with van der Waals surface area (Å²) in [4.78, 5) is 27.4. The van der Waals surface area contributed by atoms with Crippen molar-refractivity contribution in [3.63, 3.8) is 0 Å². The second-order valence-corrected chi connectivity index (χ2v) is 7.24. The van der Waals surface area contributed by atoms with Crippen LogP contribution in [-0.4, -0.2) is 23.6 Å². The molecule has 2 heterocycles. The van der Waals surface area contributed by atoms with Crippen LogP contribution in [0, 0.1) is 5.92 Å². The van der Waals surface area contributed by atoms with Gasteiger partial charge in [0.25, 0.3) is 5.91 Å². The van der Waals surface area contributed by atoms with Gasteiger partial charge >= 0.3 is 5.97 Å². The molecule has 0 radical (unpaired) electrons. The zero-order chi connectivity index (χ0) is 21.8. The Morgan fingerprint density at radius 3 is 2.39 bits per heavy atom. The highest BCUT2D eigenvalue weighted by atomic mass is 16.5. The maximum atomic E-state index is 13.8. The summed E-state index contributed by atoms with van der Waals surface area (Å²) < 4.78 is 10.7. The molecule has 0 unspecified atom stereocenters. The molecule has 2 aromatic carbocycles. The molecule has 0 aliphatic carbocycles. The number of anilines is 1. The van der Waals surface area contributed by atoms with Gasteiger partial charge in [0.05, 0.1) is 12.9 Å². The van der Waals surface area contributed by atoms with Gasteiger partial charge in [-0.3, -0.25) is 9.69 Å². The molecule has 3 atom stereocenters. The fourth-order valence-electron chi connectivity index (χ4n) is 4.10. The summed E-state index contributed by atoms with van der Waals surface area (Å²) in [6.07, 6.45) is 4.33. The first kappa shape index (κ1) is 20.6. The molecule has 1 amide bonds. The van der Waals surface area contributed by atoms with Crippen LogP contribution >= 0.6 is 0 Å². The number of carbonyl (C=O) groups excluding carboxylic acids is 2. The summed E-state index contributed by atoms with van der Waals surface area (Å²) >= 11 is 0. The molecule has 31 heavy (non-hydrogen) atoms. The van der Waals surface area contributed by atoms with Gasteiger partial charge in [-0.2, -0.15) is 0 Å². The Labute approximate surface area is 180 Å². The van der Waals surface area contributed by atoms with Gasteiger partial charge < -0.3 is 14.3 Å². The van der Waals surface area contributed by atoms with Crippen LogP contribution in [-0.2, 0) is 19.9 Å². The lowest BCUT2D eigenvalue weighted by molar-refractivity contribution is -0.138. The van der Waals surface area contributed by atoms with Crippen molar-refractivity contribution in [2.24, 2.45) is 5.92 Å². The number of rotatable bonds is 6. The molecule has 6 nitrogen and oxygen atoms in total. The lowest BCUT2D eigenvalue weighted by Gasteiger charge is -2.27. The third-order valence-electron chi connectivity index (χ3n) is 5.45. The molecule has 1 fully saturated rings. The minimum Gasteiger partial charge on any atom is -0.467 e. The minimum atomic E-state index is -1.91. The van der Waals surface area contributed by atoms with Crippen molar-refractivity contribution in [2.75, 3.05) is 11.5 Å². The van der Waals surface area contributed by atoms with E-state index in [9.17, 15) is 14.7 Å². The van der Waals surface area contributed by atoms with Crippen LogP contribution in [0.2, 0.25) is 0 Å². The Morgan fingerprint density at radius 2 is 1.77 bits per heavy atom. The van der Waals surface area contributed by atoms with Crippen molar-refractivity contribution in [3.05, 3.63) is 103 Å². The fourth-order valence-corrected chi connectivity index (χ4v) is 4.10. The molecule has 1 aliphatic heterocycles. The maximum Gasteiger partial charge on any atom is 0.330 e. The molecule has 1 N–H and O–H groups in total. The zero-order valence-corrected chi connectivity index (χ0v) is 17.0. The second kappa shape index (κ2) is 8.62. The quantitative estimate of drug-likeness (QED) is 0.485. The average molecular weight is 417 g/mol. The molecule has 1 aliphatic rings. The molecule has 0 spiro atoms. The van der Waals surface area contributed by atoms with Crippen LogP contribution < -0.4 is 4.90 Å². The molecule has 1 aromatic heterocycles. The molecular weight excluding hydrogens is 394 g/mol. The number of nitrogens with zero attached hydrogens (tertiary/aromatic N) is 1. The summed E-state index contributed by atoms with van der Waals surface area (Å²) in [6, 6.07) is 20.7. The van der Waals surface area contributed by atoms with Crippen molar-refractivity contribution in [2.45, 2.75) is 18.6 Å². The highest BCUT2D eigenvalue weighted by molar-refractivity contribution is 6.04. The van der Waals surface area contributed by atoms with Crippen LogP contribution in [0.1, 0.15) is 24.3 Å². The number of furan rings is 1. The Balaban J connectivity index is 1.90. The van der Waals surface area contributed by atoms with Gasteiger partial charge in [-0.15, -0.1) is 0 Å². The predicted octanol–water partition coefficient (Wildman–Crippen LogP) is 3.99. The summed E-state index contributed by atoms with van der Waals surface area (Å²) in [7, 11) is 0. The lowest BCUT2D eigenvalue weighted by Crippen LogP contribution is -2.40. The first-order valence-corrected chi connectivity index (χ1v) is 10.1. The van der Waals surface area contributed by atoms with Gasteiger partial charge in [-0.25, -0.2) is 4.79 Å². The van der Waals surface area contributed by atoms with Crippen molar-refractivity contribution >= 4 is 17.6 Å². The van der Waals surface area contributed by atoms with E-state index in [-0.39, 0.29) is 6.61 Å². The van der Waals surface area contributed by atoms with E-state index in [1.54, 1.807) is 61.5 Å². The first-order chi connectivity index (χ1) is 15.1. The van der Waals surface area contributed by atoms with Crippen LogP contribution in [0.5, 0.6) is 0 Å². The number of hydrogen-bond acceptors (Lipinski definition) is 5. The first-order valence-electron chi connectivity index (χ1n) is 10.1. The minimum absolute atomic E-state index is 0.230. The number of hydrogen-bond donors (Lipinski definition) is 1. The summed E-state index contributed by atoms with van der Waals surface area (Å²) in [5.41, 5.74) is -0.846. The van der Waals surface area contributed by atoms with Gasteiger partial charge in [0.2, 0.25) is 0 Å². The van der Waals surface area contributed by atoms with Gasteiger partial charge in [0.1, 0.15) is 11.8 Å². The number of carbonyl (C=O) groups is 2. The van der Waals surface area contributed by atoms with E-state index < -0.39 is 29.4 Å². The summed E-state index contributed by atoms with van der Waals surface area (Å²) in [6.45, 7) is 1.95. The van der Waals surface area contributed by atoms with Crippen molar-refractivity contribution in [3.8, 4) is 0 Å². The molecule has 4 rings (SSSR count). The maximum absolute atomic E-state index is 13.8. The highest BCUT2D eigenvalue weighted by Crippen LogP contribution is 2.51. The SMILES string of the molecule is CCOC(=O)/C=C/[C@@H]1[C@@H](c2ccco2)N(c2ccccc2)C(=O)[C@]1(O)c1ccccc1. The lowest BCUT2D eigenvalue weighted by atomic mass is 9.79. The largest absolute Gasteiger partial charge is 0.467 e.